The molecule has 2 aliphatic rings. The van der Waals surface area contributed by atoms with E-state index in [1.807, 2.05) is 0 Å². The van der Waals surface area contributed by atoms with Crippen LogP contribution < -0.4 is 0 Å². The van der Waals surface area contributed by atoms with Crippen LogP contribution >= 0.6 is 0 Å². The van der Waals surface area contributed by atoms with Crippen molar-refractivity contribution in [2.24, 2.45) is 4.99 Å². The molecule has 1 saturated carbocycles. The Morgan fingerprint density at radius 1 is 1.00 bits per heavy atom. The summed E-state index contributed by atoms with van der Waals surface area (Å²) in [5.74, 6) is 0. The number of benzene rings is 1. The van der Waals surface area contributed by atoms with E-state index in [9.17, 15) is 0 Å². The van der Waals surface area contributed by atoms with Crippen molar-refractivity contribution in [1.82, 2.24) is 0 Å². The molecule has 1 aromatic rings. The molecule has 1 heteroatoms. The highest BCUT2D eigenvalue weighted by Gasteiger charge is 2.33. The van der Waals surface area contributed by atoms with Gasteiger partial charge in [0.25, 0.3) is 0 Å². The predicted octanol–water partition coefficient (Wildman–Crippen LogP) is 3.36. The van der Waals surface area contributed by atoms with Crippen LogP contribution in [0.4, 0.5) is 0 Å². The summed E-state index contributed by atoms with van der Waals surface area (Å²) in [6.45, 7) is 0. The Kier molecular flexibility index (Phi) is 2.12. The van der Waals surface area contributed by atoms with Crippen LogP contribution in [0.5, 0.6) is 0 Å². The zero-order chi connectivity index (χ0) is 10.1. The molecule has 1 aromatic carbocycles. The first-order valence-corrected chi connectivity index (χ1v) is 6.01. The van der Waals surface area contributed by atoms with Crippen LogP contribution in [0, 0.1) is 0 Å². The molecule has 0 amide bonds. The third-order valence-corrected chi connectivity index (χ3v) is 3.84. The maximum absolute atomic E-state index is 4.84. The molecular formula is C14H17N. The van der Waals surface area contributed by atoms with Gasteiger partial charge in [0.05, 0.1) is 5.54 Å². The van der Waals surface area contributed by atoms with Gasteiger partial charge in [0, 0.05) is 6.21 Å². The Morgan fingerprint density at radius 3 is 2.67 bits per heavy atom. The van der Waals surface area contributed by atoms with Gasteiger partial charge in [0.2, 0.25) is 0 Å². The van der Waals surface area contributed by atoms with E-state index < -0.39 is 0 Å². The van der Waals surface area contributed by atoms with Crippen molar-refractivity contribution in [3.8, 4) is 0 Å². The second-order valence-electron chi connectivity index (χ2n) is 4.92. The summed E-state index contributed by atoms with van der Waals surface area (Å²) >= 11 is 0. The first-order chi connectivity index (χ1) is 7.38. The van der Waals surface area contributed by atoms with Crippen molar-refractivity contribution < 1.29 is 0 Å². The molecule has 1 aliphatic carbocycles. The van der Waals surface area contributed by atoms with Crippen LogP contribution in [-0.4, -0.2) is 11.8 Å². The van der Waals surface area contributed by atoms with E-state index in [0.717, 1.165) is 0 Å². The Balaban J connectivity index is 1.94. The Morgan fingerprint density at radius 2 is 1.80 bits per heavy atom. The Hall–Kier alpha value is -1.11. The van der Waals surface area contributed by atoms with Gasteiger partial charge in [-0.25, -0.2) is 0 Å². The normalized spacial score (nSPS) is 22.7. The predicted molar refractivity (Wildman–Crippen MR) is 63.6 cm³/mol. The van der Waals surface area contributed by atoms with Crippen LogP contribution in [0.15, 0.2) is 29.3 Å². The minimum absolute atomic E-state index is 0.270. The zero-order valence-corrected chi connectivity index (χ0v) is 9.08. The van der Waals surface area contributed by atoms with Crippen LogP contribution in [0.3, 0.4) is 0 Å². The first kappa shape index (κ1) is 9.14. The van der Waals surface area contributed by atoms with Gasteiger partial charge < -0.3 is 0 Å². The molecular weight excluding hydrogens is 182 g/mol. The van der Waals surface area contributed by atoms with E-state index >= 15 is 0 Å². The minimum atomic E-state index is 0.270. The smallest absolute Gasteiger partial charge is 0.0648 e. The number of hydrogen-bond donors (Lipinski definition) is 0. The van der Waals surface area contributed by atoms with Gasteiger partial charge in [-0.1, -0.05) is 43.5 Å². The number of rotatable bonds is 0. The summed E-state index contributed by atoms with van der Waals surface area (Å²) in [6.07, 6.45) is 9.97. The molecule has 0 atom stereocenters. The van der Waals surface area contributed by atoms with Crippen LogP contribution in [0.1, 0.15) is 43.2 Å². The summed E-state index contributed by atoms with van der Waals surface area (Å²) in [6, 6.07) is 8.68. The monoisotopic (exact) mass is 199 g/mol. The molecule has 1 heterocycles. The highest BCUT2D eigenvalue weighted by molar-refractivity contribution is 5.83. The fraction of sp³-hybridized carbons (Fsp3) is 0.500. The maximum Gasteiger partial charge on any atom is 0.0648 e. The lowest BCUT2D eigenvalue weighted by molar-refractivity contribution is 0.295. The van der Waals surface area contributed by atoms with Crippen molar-refractivity contribution >= 4 is 6.21 Å². The van der Waals surface area contributed by atoms with E-state index in [4.69, 9.17) is 4.99 Å². The maximum atomic E-state index is 4.84. The number of fused-ring (bicyclic) bond motifs is 1. The fourth-order valence-corrected chi connectivity index (χ4v) is 2.94. The summed E-state index contributed by atoms with van der Waals surface area (Å²) in [4.78, 5) is 4.84. The highest BCUT2D eigenvalue weighted by atomic mass is 14.9. The molecule has 0 radical (unpaired) electrons. The van der Waals surface area contributed by atoms with Gasteiger partial charge >= 0.3 is 0 Å². The molecule has 0 N–H and O–H groups in total. The molecule has 1 spiro atoms. The van der Waals surface area contributed by atoms with E-state index in [1.165, 1.54) is 49.7 Å². The fourth-order valence-electron chi connectivity index (χ4n) is 2.94. The molecule has 1 fully saturated rings. The molecule has 15 heavy (non-hydrogen) atoms. The molecule has 0 aromatic heterocycles. The third-order valence-electron chi connectivity index (χ3n) is 3.84. The van der Waals surface area contributed by atoms with Crippen LogP contribution in [-0.2, 0) is 6.42 Å². The van der Waals surface area contributed by atoms with E-state index in [2.05, 4.69) is 30.5 Å². The van der Waals surface area contributed by atoms with Crippen LogP contribution in [0.2, 0.25) is 0 Å². The standard InChI is InChI=1S/C14H17N/c1-4-8-14(9-5-1)10-12-6-2-3-7-13(12)11-15-14/h2-3,6-7,11H,1,4-5,8-10H2. The Bertz CT molecular complexity index is 386. The lowest BCUT2D eigenvalue weighted by atomic mass is 9.76. The van der Waals surface area contributed by atoms with Gasteiger partial charge in [-0.05, 0) is 30.4 Å². The quantitative estimate of drug-likeness (QED) is 0.607. The average molecular weight is 199 g/mol. The summed E-state index contributed by atoms with van der Waals surface area (Å²) in [5, 5.41) is 0. The topological polar surface area (TPSA) is 12.4 Å². The second kappa shape index (κ2) is 3.48. The van der Waals surface area contributed by atoms with Gasteiger partial charge in [-0.2, -0.15) is 0 Å². The van der Waals surface area contributed by atoms with E-state index in [0.29, 0.717) is 0 Å². The number of hydrogen-bond acceptors (Lipinski definition) is 1. The van der Waals surface area contributed by atoms with Crippen molar-refractivity contribution in [3.05, 3.63) is 35.4 Å². The minimum Gasteiger partial charge on any atom is -0.286 e. The van der Waals surface area contributed by atoms with Crippen LogP contribution in [0.25, 0.3) is 0 Å². The van der Waals surface area contributed by atoms with Crippen molar-refractivity contribution in [2.45, 2.75) is 44.1 Å². The molecule has 1 aliphatic heterocycles. The number of aliphatic imine (C=N–C) groups is 1. The summed E-state index contributed by atoms with van der Waals surface area (Å²) in [7, 11) is 0. The van der Waals surface area contributed by atoms with Gasteiger partial charge in [-0.15, -0.1) is 0 Å². The average Bonchev–Trinajstić information content (AvgIpc) is 2.30. The molecule has 0 unspecified atom stereocenters. The zero-order valence-electron chi connectivity index (χ0n) is 9.08. The molecule has 1 nitrogen and oxygen atoms in total. The number of nitrogens with zero attached hydrogens (tertiary/aromatic N) is 1. The molecule has 0 bridgehead atoms. The first-order valence-electron chi connectivity index (χ1n) is 6.01. The van der Waals surface area contributed by atoms with Crippen molar-refractivity contribution in [1.29, 1.82) is 0 Å². The SMILES string of the molecule is C1=NC2(CCCCC2)Cc2ccccc21. The largest absolute Gasteiger partial charge is 0.286 e. The Labute approximate surface area is 91.2 Å². The van der Waals surface area contributed by atoms with Gasteiger partial charge in [0.15, 0.2) is 0 Å². The molecule has 0 saturated heterocycles. The summed E-state index contributed by atoms with van der Waals surface area (Å²) in [5.41, 5.74) is 3.09. The lowest BCUT2D eigenvalue weighted by Crippen LogP contribution is -2.34. The van der Waals surface area contributed by atoms with Gasteiger partial charge in [0.1, 0.15) is 0 Å². The van der Waals surface area contributed by atoms with E-state index in [1.54, 1.807) is 0 Å². The second-order valence-corrected chi connectivity index (χ2v) is 4.92. The lowest BCUT2D eigenvalue weighted by Gasteiger charge is -2.36. The van der Waals surface area contributed by atoms with Crippen molar-refractivity contribution in [2.75, 3.05) is 0 Å². The highest BCUT2D eigenvalue weighted by Crippen LogP contribution is 2.37. The third kappa shape index (κ3) is 1.60. The van der Waals surface area contributed by atoms with E-state index in [-0.39, 0.29) is 5.54 Å². The molecule has 78 valence electrons. The van der Waals surface area contributed by atoms with Gasteiger partial charge in [-0.3, -0.25) is 4.99 Å². The summed E-state index contributed by atoms with van der Waals surface area (Å²) < 4.78 is 0. The molecule has 3 rings (SSSR count). The van der Waals surface area contributed by atoms with Crippen molar-refractivity contribution in [3.63, 3.8) is 0 Å².